The smallest absolute Gasteiger partial charge is 0.262 e. The molecule has 0 aromatic carbocycles. The fourth-order valence-corrected chi connectivity index (χ4v) is 4.80. The van der Waals surface area contributed by atoms with Crippen LogP contribution in [0.1, 0.15) is 6.42 Å². The Morgan fingerprint density at radius 3 is 2.79 bits per heavy atom. The van der Waals surface area contributed by atoms with Gasteiger partial charge in [-0.1, -0.05) is 0 Å². The molecule has 2 aliphatic rings. The maximum Gasteiger partial charge on any atom is 0.262 e. The Morgan fingerprint density at radius 1 is 1.33 bits per heavy atom. The largest absolute Gasteiger partial charge is 0.375 e. The molecule has 0 amide bonds. The third-order valence-electron chi connectivity index (χ3n) is 4.72. The highest BCUT2D eigenvalue weighted by Gasteiger charge is 2.40. The number of aryl methyl sites for hydroxylation is 1. The molecule has 0 spiro atoms. The van der Waals surface area contributed by atoms with Gasteiger partial charge in [0.15, 0.2) is 5.03 Å². The van der Waals surface area contributed by atoms with E-state index in [1.165, 1.54) is 6.33 Å². The average molecular weight is 357 g/mol. The number of likely N-dealkylation sites (N-methyl/N-ethyl adjacent to an activating group) is 1. The van der Waals surface area contributed by atoms with E-state index in [1.54, 1.807) is 22.1 Å². The lowest BCUT2D eigenvalue weighted by Crippen LogP contribution is -2.52. The van der Waals surface area contributed by atoms with Gasteiger partial charge >= 0.3 is 0 Å². The first-order valence-electron chi connectivity index (χ1n) is 8.35. The Labute approximate surface area is 144 Å². The van der Waals surface area contributed by atoms with Crippen molar-refractivity contribution in [2.24, 2.45) is 7.05 Å². The maximum atomic E-state index is 12.7. The molecule has 0 unspecified atom stereocenters. The van der Waals surface area contributed by atoms with Crippen molar-refractivity contribution in [1.82, 2.24) is 23.7 Å². The van der Waals surface area contributed by atoms with Gasteiger partial charge in [0.2, 0.25) is 0 Å². The van der Waals surface area contributed by atoms with Crippen molar-refractivity contribution in [2.45, 2.75) is 23.6 Å². The van der Waals surface area contributed by atoms with Crippen molar-refractivity contribution in [1.29, 1.82) is 0 Å². The number of imidazole rings is 1. The number of ether oxygens (including phenoxy) is 1. The number of hydrogen-bond donors (Lipinski definition) is 0. The number of aromatic nitrogens is 2. The van der Waals surface area contributed by atoms with E-state index in [1.807, 2.05) is 14.1 Å². The minimum absolute atomic E-state index is 0.134. The van der Waals surface area contributed by atoms with E-state index in [4.69, 9.17) is 4.74 Å². The van der Waals surface area contributed by atoms with Gasteiger partial charge in [-0.15, -0.1) is 0 Å². The molecule has 2 saturated heterocycles. The third kappa shape index (κ3) is 3.80. The number of rotatable bonds is 6. The van der Waals surface area contributed by atoms with Crippen LogP contribution in [0, 0.1) is 0 Å². The summed E-state index contributed by atoms with van der Waals surface area (Å²) in [7, 11) is 2.33. The van der Waals surface area contributed by atoms with E-state index in [2.05, 4.69) is 14.8 Å². The monoisotopic (exact) mass is 357 g/mol. The van der Waals surface area contributed by atoms with Crippen LogP contribution in [0.15, 0.2) is 17.6 Å². The lowest BCUT2D eigenvalue weighted by Gasteiger charge is -2.35. The predicted molar refractivity (Wildman–Crippen MR) is 90.2 cm³/mol. The van der Waals surface area contributed by atoms with Crippen molar-refractivity contribution in [3.63, 3.8) is 0 Å². The molecule has 1 aromatic heterocycles. The van der Waals surface area contributed by atoms with Gasteiger partial charge in [-0.05, 0) is 20.5 Å². The summed E-state index contributed by atoms with van der Waals surface area (Å²) in [6, 6.07) is 0.238. The van der Waals surface area contributed by atoms with Crippen LogP contribution in [0.2, 0.25) is 0 Å². The molecule has 0 N–H and O–H groups in total. The summed E-state index contributed by atoms with van der Waals surface area (Å²) in [6.45, 7) is 4.31. The van der Waals surface area contributed by atoms with Crippen molar-refractivity contribution >= 4 is 10.0 Å². The van der Waals surface area contributed by atoms with Gasteiger partial charge < -0.3 is 14.2 Å². The van der Waals surface area contributed by atoms with Crippen molar-refractivity contribution in [3.8, 4) is 0 Å². The van der Waals surface area contributed by atoms with E-state index in [-0.39, 0.29) is 17.2 Å². The van der Waals surface area contributed by atoms with Gasteiger partial charge in [0, 0.05) is 52.0 Å². The van der Waals surface area contributed by atoms with Crippen LogP contribution >= 0.6 is 0 Å². The van der Waals surface area contributed by atoms with Crippen LogP contribution in [0.4, 0.5) is 0 Å². The summed E-state index contributed by atoms with van der Waals surface area (Å²) < 4.78 is 34.6. The quantitative estimate of drug-likeness (QED) is 0.680. The summed E-state index contributed by atoms with van der Waals surface area (Å²) in [5.41, 5.74) is 0. The van der Waals surface area contributed by atoms with Crippen LogP contribution in [0.5, 0.6) is 0 Å². The lowest BCUT2D eigenvalue weighted by atomic mass is 10.2. The van der Waals surface area contributed by atoms with Crippen molar-refractivity contribution in [2.75, 3.05) is 53.4 Å². The molecule has 0 aliphatic carbocycles. The van der Waals surface area contributed by atoms with E-state index >= 15 is 0 Å². The Bertz CT molecular complexity index is 660. The Balaban J connectivity index is 1.58. The molecular weight excluding hydrogens is 330 g/mol. The highest BCUT2D eigenvalue weighted by Crippen LogP contribution is 2.27. The summed E-state index contributed by atoms with van der Waals surface area (Å²) in [6.07, 6.45) is 4.17. The second-order valence-corrected chi connectivity index (χ2v) is 8.81. The summed E-state index contributed by atoms with van der Waals surface area (Å²) >= 11 is 0. The zero-order valence-electron chi connectivity index (χ0n) is 14.6. The van der Waals surface area contributed by atoms with E-state index in [0.717, 1.165) is 26.1 Å². The highest BCUT2D eigenvalue weighted by molar-refractivity contribution is 7.89. The van der Waals surface area contributed by atoms with Gasteiger partial charge in [-0.2, -0.15) is 4.31 Å². The molecule has 0 bridgehead atoms. The normalized spacial score (nSPS) is 26.2. The van der Waals surface area contributed by atoms with Gasteiger partial charge in [-0.25, -0.2) is 13.4 Å². The zero-order chi connectivity index (χ0) is 17.3. The van der Waals surface area contributed by atoms with Gasteiger partial charge in [-0.3, -0.25) is 4.90 Å². The van der Waals surface area contributed by atoms with Crippen molar-refractivity contribution in [3.05, 3.63) is 12.5 Å². The molecule has 136 valence electrons. The summed E-state index contributed by atoms with van der Waals surface area (Å²) in [5, 5.41) is 0.134. The fourth-order valence-electron chi connectivity index (χ4n) is 3.36. The SMILES string of the molecule is CN(C)CCO[C@@H]1C[C@@H]2CN(S(=O)(=O)c3cn(C)cn3)CCN2C1. The van der Waals surface area contributed by atoms with Gasteiger partial charge in [0.05, 0.1) is 19.0 Å². The minimum Gasteiger partial charge on any atom is -0.375 e. The molecular formula is C15H27N5O3S. The van der Waals surface area contributed by atoms with Crippen LogP contribution in [-0.4, -0.2) is 97.6 Å². The van der Waals surface area contributed by atoms with Crippen LogP contribution in [0.3, 0.4) is 0 Å². The first-order valence-corrected chi connectivity index (χ1v) is 9.79. The standard InChI is InChI=1S/C15H27N5O3S/c1-17(2)6-7-23-14-8-13-9-20(5-4-19(13)10-14)24(21,22)15-11-18(3)12-16-15/h11-14H,4-10H2,1-3H3/t13-,14-/m1/s1. The molecule has 1 aromatic rings. The molecule has 3 rings (SSSR count). The topological polar surface area (TPSA) is 70.9 Å². The first kappa shape index (κ1) is 17.8. The number of piperazine rings is 1. The van der Waals surface area contributed by atoms with E-state index in [0.29, 0.717) is 19.7 Å². The Kier molecular flexibility index (Phi) is 5.26. The summed E-state index contributed by atoms with van der Waals surface area (Å²) in [5.74, 6) is 0. The molecule has 0 saturated carbocycles. The number of nitrogens with zero attached hydrogens (tertiary/aromatic N) is 5. The van der Waals surface area contributed by atoms with E-state index in [9.17, 15) is 8.42 Å². The summed E-state index contributed by atoms with van der Waals surface area (Å²) in [4.78, 5) is 8.46. The first-order chi connectivity index (χ1) is 11.4. The number of sulfonamides is 1. The lowest BCUT2D eigenvalue weighted by molar-refractivity contribution is 0.0498. The average Bonchev–Trinajstić information content (AvgIpc) is 3.12. The maximum absolute atomic E-state index is 12.7. The Morgan fingerprint density at radius 2 is 2.12 bits per heavy atom. The molecule has 24 heavy (non-hydrogen) atoms. The molecule has 2 fully saturated rings. The van der Waals surface area contributed by atoms with Gasteiger partial charge in [0.1, 0.15) is 0 Å². The molecule has 3 heterocycles. The second-order valence-electron chi connectivity index (χ2n) is 6.92. The second kappa shape index (κ2) is 7.09. The van der Waals surface area contributed by atoms with Crippen LogP contribution in [0.25, 0.3) is 0 Å². The minimum atomic E-state index is -3.50. The predicted octanol–water partition coefficient (Wildman–Crippen LogP) is -0.554. The zero-order valence-corrected chi connectivity index (χ0v) is 15.4. The molecule has 8 nitrogen and oxygen atoms in total. The van der Waals surface area contributed by atoms with Crippen LogP contribution < -0.4 is 0 Å². The Hall–Kier alpha value is -1.00. The van der Waals surface area contributed by atoms with E-state index < -0.39 is 10.0 Å². The van der Waals surface area contributed by atoms with Gasteiger partial charge in [0.25, 0.3) is 10.0 Å². The number of hydrogen-bond acceptors (Lipinski definition) is 6. The third-order valence-corrected chi connectivity index (χ3v) is 6.47. The molecule has 2 atom stereocenters. The highest BCUT2D eigenvalue weighted by atomic mass is 32.2. The molecule has 2 aliphatic heterocycles. The van der Waals surface area contributed by atoms with Crippen molar-refractivity contribution < 1.29 is 13.2 Å². The molecule has 0 radical (unpaired) electrons. The molecule has 9 heteroatoms. The van der Waals surface area contributed by atoms with Crippen LogP contribution in [-0.2, 0) is 21.8 Å². The number of fused-ring (bicyclic) bond motifs is 1. The fraction of sp³-hybridized carbons (Fsp3) is 0.800.